The van der Waals surface area contributed by atoms with Crippen molar-refractivity contribution in [3.05, 3.63) is 24.3 Å². The Hall–Kier alpha value is -2.15. The van der Waals surface area contributed by atoms with Crippen molar-refractivity contribution in [3.63, 3.8) is 0 Å². The Morgan fingerprint density at radius 3 is 1.26 bits per heavy atom. The van der Waals surface area contributed by atoms with Crippen LogP contribution in [0.3, 0.4) is 0 Å². The second-order valence-corrected chi connectivity index (χ2v) is 18.3. The summed E-state index contributed by atoms with van der Waals surface area (Å²) in [6, 6.07) is -0.855. The van der Waals surface area contributed by atoms with Crippen molar-refractivity contribution in [2.45, 2.75) is 296 Å². The first-order valence-electron chi connectivity index (χ1n) is 26.7. The molecular formula is C54H102N2O5. The third-order valence-corrected chi connectivity index (χ3v) is 12.3. The Balaban J connectivity index is 4.16. The topological polar surface area (TPSA) is 119 Å². The summed E-state index contributed by atoms with van der Waals surface area (Å²) < 4.78 is 6.09. The fourth-order valence-corrected chi connectivity index (χ4v) is 8.25. The van der Waals surface area contributed by atoms with Crippen LogP contribution in [0.15, 0.2) is 24.3 Å². The maximum atomic E-state index is 12.9. The van der Waals surface area contributed by atoms with Crippen molar-refractivity contribution >= 4 is 17.8 Å². The van der Waals surface area contributed by atoms with Crippen LogP contribution in [-0.2, 0) is 19.1 Å². The number of amides is 1. The van der Waals surface area contributed by atoms with Crippen molar-refractivity contribution in [3.8, 4) is 0 Å². The predicted molar refractivity (Wildman–Crippen MR) is 262 cm³/mol. The number of unbranched alkanes of at least 4 members (excludes halogenated alkanes) is 31. The molecule has 0 saturated carbocycles. The molecule has 0 radical (unpaired) electrons. The molecule has 0 bridgehead atoms. The Labute approximate surface area is 378 Å². The lowest BCUT2D eigenvalue weighted by atomic mass is 10.0. The maximum Gasteiger partial charge on any atom is 0.326 e. The number of carbonyl (C=O) groups excluding carboxylic acids is 2. The number of allylic oxidation sites excluding steroid dienone is 4. The van der Waals surface area contributed by atoms with Gasteiger partial charge in [-0.2, -0.15) is 0 Å². The van der Waals surface area contributed by atoms with Gasteiger partial charge in [0.25, 0.3) is 0 Å². The zero-order valence-corrected chi connectivity index (χ0v) is 40.5. The van der Waals surface area contributed by atoms with Crippen molar-refractivity contribution in [2.75, 3.05) is 6.54 Å². The van der Waals surface area contributed by atoms with E-state index in [-0.39, 0.29) is 18.0 Å². The third-order valence-electron chi connectivity index (χ3n) is 12.3. The molecule has 0 heterocycles. The number of nitrogens with two attached hydrogens (primary N) is 1. The van der Waals surface area contributed by atoms with Crippen LogP contribution in [0.1, 0.15) is 284 Å². The van der Waals surface area contributed by atoms with Gasteiger partial charge in [-0.05, 0) is 90.0 Å². The van der Waals surface area contributed by atoms with Crippen LogP contribution in [0.5, 0.6) is 0 Å². The van der Waals surface area contributed by atoms with Crippen molar-refractivity contribution < 1.29 is 24.2 Å². The Morgan fingerprint density at radius 1 is 0.475 bits per heavy atom. The zero-order chi connectivity index (χ0) is 44.5. The van der Waals surface area contributed by atoms with Crippen LogP contribution in [0, 0.1) is 0 Å². The summed E-state index contributed by atoms with van der Waals surface area (Å²) in [7, 11) is 0. The number of carboxylic acids is 1. The molecule has 0 spiro atoms. The highest BCUT2D eigenvalue weighted by molar-refractivity contribution is 5.83. The van der Waals surface area contributed by atoms with Gasteiger partial charge in [0.05, 0.1) is 0 Å². The summed E-state index contributed by atoms with van der Waals surface area (Å²) in [5.74, 6) is -1.22. The van der Waals surface area contributed by atoms with E-state index in [1.807, 2.05) is 0 Å². The monoisotopic (exact) mass is 859 g/mol. The average molecular weight is 859 g/mol. The molecule has 0 aromatic rings. The number of carboxylic acid groups (broad SMARTS) is 1. The molecule has 4 N–H and O–H groups in total. The van der Waals surface area contributed by atoms with E-state index in [2.05, 4.69) is 43.5 Å². The van der Waals surface area contributed by atoms with E-state index in [1.54, 1.807) is 0 Å². The summed E-state index contributed by atoms with van der Waals surface area (Å²) >= 11 is 0. The first kappa shape index (κ1) is 58.9. The number of nitrogens with one attached hydrogen (secondary N) is 1. The quantitative estimate of drug-likeness (QED) is 0.0318. The second kappa shape index (κ2) is 48.9. The summed E-state index contributed by atoms with van der Waals surface area (Å²) in [6.07, 6.45) is 58.1. The highest BCUT2D eigenvalue weighted by atomic mass is 16.5. The van der Waals surface area contributed by atoms with Gasteiger partial charge in [-0.3, -0.25) is 9.59 Å². The number of hydrogen-bond acceptors (Lipinski definition) is 5. The van der Waals surface area contributed by atoms with Gasteiger partial charge in [0.15, 0.2) is 0 Å². The molecule has 2 atom stereocenters. The first-order chi connectivity index (χ1) is 29.9. The Kier molecular flexibility index (Phi) is 47.2. The lowest BCUT2D eigenvalue weighted by molar-refractivity contribution is -0.150. The van der Waals surface area contributed by atoms with E-state index in [0.717, 1.165) is 70.6 Å². The van der Waals surface area contributed by atoms with Crippen LogP contribution < -0.4 is 11.1 Å². The normalized spacial score (nSPS) is 12.7. The zero-order valence-electron chi connectivity index (χ0n) is 40.5. The molecule has 0 rings (SSSR count). The Bertz CT molecular complexity index is 1010. The largest absolute Gasteiger partial charge is 0.480 e. The minimum Gasteiger partial charge on any atom is -0.480 e. The van der Waals surface area contributed by atoms with E-state index in [1.165, 1.54) is 173 Å². The fraction of sp³-hybridized carbons (Fsp3) is 0.870. The predicted octanol–water partition coefficient (Wildman–Crippen LogP) is 16.0. The van der Waals surface area contributed by atoms with Crippen LogP contribution in [0.25, 0.3) is 0 Å². The molecular weight excluding hydrogens is 757 g/mol. The average Bonchev–Trinajstić information content (AvgIpc) is 3.25. The van der Waals surface area contributed by atoms with Crippen LogP contribution >= 0.6 is 0 Å². The van der Waals surface area contributed by atoms with Gasteiger partial charge in [0.2, 0.25) is 5.91 Å². The lowest BCUT2D eigenvalue weighted by Crippen LogP contribution is -2.40. The van der Waals surface area contributed by atoms with E-state index < -0.39 is 12.0 Å². The van der Waals surface area contributed by atoms with Crippen LogP contribution in [0.4, 0.5) is 0 Å². The van der Waals surface area contributed by atoms with E-state index in [4.69, 9.17) is 10.5 Å². The van der Waals surface area contributed by atoms with Gasteiger partial charge in [-0.1, -0.05) is 212 Å². The molecule has 0 aliphatic rings. The SMILES string of the molecule is CCCCCCC/C=C\C/C=C\CCCCCCCCCCCCCC(=O)OC(CCCCCCCCCCCCCC)CCCCCCCC(=O)NC(CCCN)C(=O)O. The summed E-state index contributed by atoms with van der Waals surface area (Å²) in [6.45, 7) is 4.96. The van der Waals surface area contributed by atoms with E-state index >= 15 is 0 Å². The van der Waals surface area contributed by atoms with Gasteiger partial charge in [0.1, 0.15) is 12.1 Å². The molecule has 1 amide bonds. The van der Waals surface area contributed by atoms with Gasteiger partial charge in [0, 0.05) is 12.8 Å². The summed E-state index contributed by atoms with van der Waals surface area (Å²) in [5.41, 5.74) is 5.50. The molecule has 0 aliphatic carbocycles. The molecule has 0 fully saturated rings. The van der Waals surface area contributed by atoms with Gasteiger partial charge < -0.3 is 20.9 Å². The minimum atomic E-state index is -1.00. The molecule has 0 aromatic heterocycles. The van der Waals surface area contributed by atoms with Crippen LogP contribution in [0.2, 0.25) is 0 Å². The van der Waals surface area contributed by atoms with E-state index in [9.17, 15) is 19.5 Å². The number of rotatable bonds is 49. The molecule has 2 unspecified atom stereocenters. The van der Waals surface area contributed by atoms with Gasteiger partial charge in [-0.25, -0.2) is 4.79 Å². The Morgan fingerprint density at radius 2 is 0.852 bits per heavy atom. The molecule has 0 aromatic carbocycles. The van der Waals surface area contributed by atoms with Crippen molar-refractivity contribution in [1.82, 2.24) is 5.32 Å². The molecule has 61 heavy (non-hydrogen) atoms. The second-order valence-electron chi connectivity index (χ2n) is 18.3. The first-order valence-corrected chi connectivity index (χ1v) is 26.7. The summed E-state index contributed by atoms with van der Waals surface area (Å²) in [4.78, 5) is 36.6. The molecule has 7 nitrogen and oxygen atoms in total. The van der Waals surface area contributed by atoms with Crippen molar-refractivity contribution in [1.29, 1.82) is 0 Å². The maximum absolute atomic E-state index is 12.9. The highest BCUT2D eigenvalue weighted by Gasteiger charge is 2.19. The lowest BCUT2D eigenvalue weighted by Gasteiger charge is -2.18. The number of carbonyl (C=O) groups is 3. The van der Waals surface area contributed by atoms with Crippen molar-refractivity contribution in [2.24, 2.45) is 5.73 Å². The molecule has 7 heteroatoms. The molecule has 0 saturated heterocycles. The van der Waals surface area contributed by atoms with E-state index in [0.29, 0.717) is 32.2 Å². The number of hydrogen-bond donors (Lipinski definition) is 3. The molecule has 358 valence electrons. The van der Waals surface area contributed by atoms with Gasteiger partial charge >= 0.3 is 11.9 Å². The standard InChI is InChI=1S/C54H102N2O5/c1-3-5-7-9-11-13-15-17-18-19-20-21-22-23-24-25-26-27-29-31-33-38-42-48-53(58)61-50(44-39-35-32-30-28-16-14-12-10-8-6-4-2)45-40-36-34-37-41-47-52(57)56-51(54(59)60)46-43-49-55/h15,17,19-20,50-51H,3-14,16,18,21-49,55H2,1-2H3,(H,56,57)(H,59,60)/b17-15-,20-19-. The minimum absolute atomic E-state index is 0.0151. The summed E-state index contributed by atoms with van der Waals surface area (Å²) in [5, 5.41) is 12.0. The fourth-order valence-electron chi connectivity index (χ4n) is 8.25. The number of aliphatic carboxylic acids is 1. The third kappa shape index (κ3) is 45.7. The van der Waals surface area contributed by atoms with Crippen LogP contribution in [-0.4, -0.2) is 41.6 Å². The van der Waals surface area contributed by atoms with Gasteiger partial charge in [-0.15, -0.1) is 0 Å². The smallest absolute Gasteiger partial charge is 0.326 e. The molecule has 0 aliphatic heterocycles. The number of ether oxygens (including phenoxy) is 1. The highest BCUT2D eigenvalue weighted by Crippen LogP contribution is 2.20. The number of esters is 1.